The number of hydrogen-bond acceptors (Lipinski definition) is 4. The van der Waals surface area contributed by atoms with Crippen molar-refractivity contribution in [2.75, 3.05) is 5.32 Å². The molecule has 0 radical (unpaired) electrons. The Labute approximate surface area is 191 Å². The third-order valence-electron chi connectivity index (χ3n) is 3.64. The molecule has 0 saturated heterocycles. The summed E-state index contributed by atoms with van der Waals surface area (Å²) in [5.41, 5.74) is 0.981. The Morgan fingerprint density at radius 2 is 1.62 bits per heavy atom. The van der Waals surface area contributed by atoms with Crippen LogP contribution in [0.15, 0.2) is 53.4 Å². The lowest BCUT2D eigenvalue weighted by molar-refractivity contribution is 0.102. The van der Waals surface area contributed by atoms with Crippen molar-refractivity contribution < 1.29 is 17.8 Å². The lowest BCUT2D eigenvalue weighted by Crippen LogP contribution is -2.15. The van der Waals surface area contributed by atoms with E-state index in [2.05, 4.69) is 73.1 Å². The zero-order chi connectivity index (χ0) is 19.1. The van der Waals surface area contributed by atoms with Gasteiger partial charge in [0, 0.05) is 27.2 Å². The highest BCUT2D eigenvalue weighted by atomic mass is 127. The molecule has 5 nitrogen and oxygen atoms in total. The molecule has 3 aromatic rings. The maximum Gasteiger partial charge on any atom is 0.256 e. The summed E-state index contributed by atoms with van der Waals surface area (Å²) in [6.07, 6.45) is 0. The van der Waals surface area contributed by atoms with E-state index < -0.39 is 10.1 Å². The molecule has 1 amide bonds. The first-order valence-corrected chi connectivity index (χ1v) is 11.8. The molecule has 0 saturated carbocycles. The molecule has 9 heteroatoms. The highest BCUT2D eigenvalue weighted by molar-refractivity contribution is 14.1. The predicted octanol–water partition coefficient (Wildman–Crippen LogP) is 4.81. The van der Waals surface area contributed by atoms with E-state index >= 15 is 0 Å². The summed E-state index contributed by atoms with van der Waals surface area (Å²) in [6.45, 7) is 0. The second-order valence-electron chi connectivity index (χ2n) is 5.31. The number of anilines is 1. The molecule has 0 aliphatic rings. The Kier molecular flexibility index (Phi) is 6.11. The van der Waals surface area contributed by atoms with Gasteiger partial charge < -0.3 is 9.87 Å². The van der Waals surface area contributed by atoms with Crippen LogP contribution in [0.2, 0.25) is 0 Å². The van der Waals surface area contributed by atoms with Crippen molar-refractivity contribution in [3.63, 3.8) is 0 Å². The van der Waals surface area contributed by atoms with Crippen LogP contribution in [0.4, 0.5) is 5.69 Å². The highest BCUT2D eigenvalue weighted by Gasteiger charge is 2.16. The first-order chi connectivity index (χ1) is 12.2. The molecule has 0 bridgehead atoms. The van der Waals surface area contributed by atoms with E-state index in [1.54, 1.807) is 30.3 Å². The maximum absolute atomic E-state index is 12.8. The lowest BCUT2D eigenvalue weighted by Gasteiger charge is -2.15. The minimum absolute atomic E-state index is 0.284. The summed E-state index contributed by atoms with van der Waals surface area (Å²) in [4.78, 5) is 12.5. The van der Waals surface area contributed by atoms with Crippen LogP contribution in [-0.2, 0) is 10.1 Å². The highest BCUT2D eigenvalue weighted by Crippen LogP contribution is 2.30. The zero-order valence-corrected chi connectivity index (χ0v) is 20.1. The molecule has 0 unspecified atom stereocenters. The van der Waals surface area contributed by atoms with Crippen molar-refractivity contribution in [3.05, 3.63) is 64.8 Å². The molecule has 0 spiro atoms. The van der Waals surface area contributed by atoms with Crippen molar-refractivity contribution in [3.8, 4) is 0 Å². The van der Waals surface area contributed by atoms with E-state index in [9.17, 15) is 17.8 Å². The number of benzene rings is 3. The number of amides is 1. The van der Waals surface area contributed by atoms with E-state index in [1.807, 2.05) is 6.07 Å². The third kappa shape index (κ3) is 4.15. The third-order valence-corrected chi connectivity index (χ3v) is 8.20. The Hall–Kier alpha value is -0.510. The molecule has 0 aliphatic heterocycles. The van der Waals surface area contributed by atoms with Gasteiger partial charge in [0.15, 0.2) is 0 Å². The van der Waals surface area contributed by atoms with Gasteiger partial charge in [0.05, 0.1) is 10.5 Å². The molecule has 0 aromatic heterocycles. The van der Waals surface area contributed by atoms with Crippen LogP contribution in [0.1, 0.15) is 10.4 Å². The quantitative estimate of drug-likeness (QED) is 0.241. The average Bonchev–Trinajstić information content (AvgIpc) is 2.57. The largest absolute Gasteiger partial charge is 0.744 e. The second-order valence-corrected chi connectivity index (χ2v) is 10.1. The smallest absolute Gasteiger partial charge is 0.256 e. The van der Waals surface area contributed by atoms with Crippen molar-refractivity contribution in [1.29, 1.82) is 0 Å². The standard InChI is InChI=1S/C17H10I3NO4S/c18-9-7-12(16(20)13(19)8-9)17(22)21-14-5-6-15(26(23,24)25)11-4-2-1-3-10(11)14/h1-8H,(H,21,22)(H,23,24,25)/p-1. The van der Waals surface area contributed by atoms with E-state index in [4.69, 9.17) is 0 Å². The molecule has 26 heavy (non-hydrogen) atoms. The Bertz CT molecular complexity index is 1150. The van der Waals surface area contributed by atoms with Crippen LogP contribution in [0.3, 0.4) is 0 Å². The molecule has 3 rings (SSSR count). The second kappa shape index (κ2) is 7.85. The molecule has 134 valence electrons. The zero-order valence-electron chi connectivity index (χ0n) is 12.8. The van der Waals surface area contributed by atoms with Gasteiger partial charge in [-0.05, 0) is 92.0 Å². The fraction of sp³-hybridized carbons (Fsp3) is 0. The summed E-state index contributed by atoms with van der Waals surface area (Å²) in [5, 5.41) is 3.61. The minimum atomic E-state index is -4.61. The van der Waals surface area contributed by atoms with Crippen LogP contribution < -0.4 is 5.32 Å². The first kappa shape index (κ1) is 20.2. The molecule has 0 fully saturated rings. The summed E-state index contributed by atoms with van der Waals surface area (Å²) < 4.78 is 37.2. The number of fused-ring (bicyclic) bond motifs is 1. The molecule has 0 heterocycles. The number of halogens is 3. The molecule has 1 N–H and O–H groups in total. The summed E-state index contributed by atoms with van der Waals surface area (Å²) >= 11 is 6.44. The number of hydrogen-bond donors (Lipinski definition) is 1. The Balaban J connectivity index is 2.10. The Morgan fingerprint density at radius 1 is 0.962 bits per heavy atom. The van der Waals surface area contributed by atoms with Gasteiger partial charge in [-0.15, -0.1) is 0 Å². The fourth-order valence-electron chi connectivity index (χ4n) is 2.51. The first-order valence-electron chi connectivity index (χ1n) is 7.12. The molecule has 3 aromatic carbocycles. The van der Waals surface area contributed by atoms with E-state index in [0.717, 1.165) is 10.7 Å². The van der Waals surface area contributed by atoms with E-state index in [1.165, 1.54) is 12.1 Å². The molecule has 0 aliphatic carbocycles. The SMILES string of the molecule is O=C(Nc1ccc(S(=O)(=O)[O-])c2ccccc12)c1cc(I)cc(I)c1I. The normalized spacial score (nSPS) is 11.5. The topological polar surface area (TPSA) is 86.3 Å². The van der Waals surface area contributed by atoms with Crippen LogP contribution in [0.25, 0.3) is 10.8 Å². The monoisotopic (exact) mass is 704 g/mol. The molecular weight excluding hydrogens is 695 g/mol. The predicted molar refractivity (Wildman–Crippen MR) is 124 cm³/mol. The Morgan fingerprint density at radius 3 is 2.27 bits per heavy atom. The average molecular weight is 704 g/mol. The van der Waals surface area contributed by atoms with Crippen molar-refractivity contribution in [1.82, 2.24) is 0 Å². The number of rotatable bonds is 3. The van der Waals surface area contributed by atoms with E-state index in [0.29, 0.717) is 16.6 Å². The molecular formula is C17H9I3NO4S-. The van der Waals surface area contributed by atoms with Gasteiger partial charge in [0.1, 0.15) is 10.1 Å². The van der Waals surface area contributed by atoms with Crippen molar-refractivity contribution in [2.45, 2.75) is 4.90 Å². The van der Waals surface area contributed by atoms with Gasteiger partial charge >= 0.3 is 0 Å². The number of nitrogens with one attached hydrogen (secondary N) is 1. The van der Waals surface area contributed by atoms with Gasteiger partial charge in [-0.1, -0.05) is 24.3 Å². The van der Waals surface area contributed by atoms with Gasteiger partial charge in [-0.25, -0.2) is 8.42 Å². The van der Waals surface area contributed by atoms with Crippen LogP contribution >= 0.6 is 67.8 Å². The van der Waals surface area contributed by atoms with Crippen molar-refractivity contribution >= 4 is 100 Å². The summed E-state index contributed by atoms with van der Waals surface area (Å²) in [6, 6.07) is 13.0. The number of carbonyl (C=O) groups is 1. The van der Waals surface area contributed by atoms with Crippen molar-refractivity contribution in [2.24, 2.45) is 0 Å². The molecule has 0 atom stereocenters. The number of carbonyl (C=O) groups excluding carboxylic acids is 1. The van der Waals surface area contributed by atoms with Crippen LogP contribution in [0, 0.1) is 10.7 Å². The maximum atomic E-state index is 12.8. The van der Waals surface area contributed by atoms with Gasteiger partial charge in [0.25, 0.3) is 5.91 Å². The van der Waals surface area contributed by atoms with E-state index in [-0.39, 0.29) is 16.2 Å². The van der Waals surface area contributed by atoms with Crippen LogP contribution in [0.5, 0.6) is 0 Å². The lowest BCUT2D eigenvalue weighted by atomic mass is 10.1. The van der Waals surface area contributed by atoms with Gasteiger partial charge in [-0.2, -0.15) is 0 Å². The summed E-state index contributed by atoms with van der Waals surface area (Å²) in [5.74, 6) is -0.297. The van der Waals surface area contributed by atoms with Crippen LogP contribution in [-0.4, -0.2) is 18.9 Å². The minimum Gasteiger partial charge on any atom is -0.744 e. The fourth-order valence-corrected chi connectivity index (χ4v) is 5.59. The van der Waals surface area contributed by atoms with Gasteiger partial charge in [0.2, 0.25) is 0 Å². The summed E-state index contributed by atoms with van der Waals surface area (Å²) in [7, 11) is -4.61. The van der Waals surface area contributed by atoms with Gasteiger partial charge in [-0.3, -0.25) is 4.79 Å².